The van der Waals surface area contributed by atoms with Crippen molar-refractivity contribution in [3.05, 3.63) is 23.3 Å². The highest BCUT2D eigenvalue weighted by atomic mass is 16.6. The van der Waals surface area contributed by atoms with Gasteiger partial charge in [-0.05, 0) is 24.5 Å². The van der Waals surface area contributed by atoms with Gasteiger partial charge in [0, 0.05) is 11.6 Å². The molecule has 98 valence electrons. The van der Waals surface area contributed by atoms with Crippen LogP contribution in [0.1, 0.15) is 11.1 Å². The third-order valence-electron chi connectivity index (χ3n) is 3.05. The Morgan fingerprint density at radius 1 is 1.39 bits per heavy atom. The molecule has 1 aliphatic rings. The molecule has 0 amide bonds. The Bertz CT molecular complexity index is 459. The Labute approximate surface area is 106 Å². The first-order chi connectivity index (χ1) is 8.65. The maximum Gasteiger partial charge on any atom is 0.343 e. The summed E-state index contributed by atoms with van der Waals surface area (Å²) in [5.74, 6) is 0.800. The summed E-state index contributed by atoms with van der Waals surface area (Å²) in [7, 11) is 2.91. The van der Waals surface area contributed by atoms with E-state index in [0.717, 1.165) is 18.4 Å². The molecule has 1 aliphatic carbocycles. The monoisotopic (exact) mass is 251 g/mol. The van der Waals surface area contributed by atoms with E-state index in [1.54, 1.807) is 13.2 Å². The Hall–Kier alpha value is -1.75. The summed E-state index contributed by atoms with van der Waals surface area (Å²) in [4.78, 5) is 11.1. The Morgan fingerprint density at radius 2 is 2.17 bits per heavy atom. The standard InChI is InChI=1S/C13H17NO4/c1-16-12(15)7-18-11-4-3-8-5-9(14)6-10(8)13(11)17-2/h3-4,9H,5-7,14H2,1-2H3. The molecule has 0 bridgehead atoms. The van der Waals surface area contributed by atoms with E-state index in [9.17, 15) is 4.79 Å². The number of rotatable bonds is 4. The van der Waals surface area contributed by atoms with Gasteiger partial charge in [-0.3, -0.25) is 0 Å². The summed E-state index contributed by atoms with van der Waals surface area (Å²) in [6, 6.07) is 3.90. The van der Waals surface area contributed by atoms with E-state index in [2.05, 4.69) is 4.74 Å². The highest BCUT2D eigenvalue weighted by Crippen LogP contribution is 2.37. The Morgan fingerprint density at radius 3 is 2.83 bits per heavy atom. The van der Waals surface area contributed by atoms with Gasteiger partial charge in [0.2, 0.25) is 0 Å². The molecule has 0 aromatic heterocycles. The first-order valence-corrected chi connectivity index (χ1v) is 5.79. The van der Waals surface area contributed by atoms with Crippen LogP contribution in [-0.2, 0) is 22.4 Å². The number of hydrogen-bond donors (Lipinski definition) is 1. The molecule has 0 saturated carbocycles. The lowest BCUT2D eigenvalue weighted by Crippen LogP contribution is -2.19. The maximum atomic E-state index is 11.1. The van der Waals surface area contributed by atoms with Crippen molar-refractivity contribution < 1.29 is 19.0 Å². The van der Waals surface area contributed by atoms with Gasteiger partial charge in [0.1, 0.15) is 0 Å². The van der Waals surface area contributed by atoms with Crippen molar-refractivity contribution in [2.45, 2.75) is 18.9 Å². The number of methoxy groups -OCH3 is 2. The molecule has 1 unspecified atom stereocenters. The summed E-state index contributed by atoms with van der Waals surface area (Å²) in [6.45, 7) is -0.127. The van der Waals surface area contributed by atoms with Crippen LogP contribution in [0.25, 0.3) is 0 Å². The van der Waals surface area contributed by atoms with E-state index < -0.39 is 5.97 Å². The molecule has 2 rings (SSSR count). The summed E-state index contributed by atoms with van der Waals surface area (Å²) < 4.78 is 15.3. The lowest BCUT2D eigenvalue weighted by molar-refractivity contribution is -0.142. The predicted octanol–water partition coefficient (Wildman–Crippen LogP) is 0.673. The zero-order valence-electron chi connectivity index (χ0n) is 10.6. The molecule has 18 heavy (non-hydrogen) atoms. The van der Waals surface area contributed by atoms with Crippen molar-refractivity contribution in [1.82, 2.24) is 0 Å². The fourth-order valence-corrected chi connectivity index (χ4v) is 2.21. The van der Waals surface area contributed by atoms with Crippen LogP contribution < -0.4 is 15.2 Å². The third kappa shape index (κ3) is 2.41. The topological polar surface area (TPSA) is 70.8 Å². The lowest BCUT2D eigenvalue weighted by atomic mass is 10.1. The van der Waals surface area contributed by atoms with Gasteiger partial charge in [-0.2, -0.15) is 0 Å². The fraction of sp³-hybridized carbons (Fsp3) is 0.462. The van der Waals surface area contributed by atoms with Gasteiger partial charge in [0.05, 0.1) is 14.2 Å². The van der Waals surface area contributed by atoms with Crippen LogP contribution in [0.5, 0.6) is 11.5 Å². The van der Waals surface area contributed by atoms with Gasteiger partial charge < -0.3 is 19.9 Å². The van der Waals surface area contributed by atoms with E-state index in [-0.39, 0.29) is 12.6 Å². The number of hydrogen-bond acceptors (Lipinski definition) is 5. The second-order valence-corrected chi connectivity index (χ2v) is 4.27. The molecular weight excluding hydrogens is 234 g/mol. The molecule has 0 saturated heterocycles. The smallest absolute Gasteiger partial charge is 0.343 e. The molecular formula is C13H17NO4. The molecule has 2 N–H and O–H groups in total. The van der Waals surface area contributed by atoms with Crippen LogP contribution in [0, 0.1) is 0 Å². The van der Waals surface area contributed by atoms with Crippen molar-refractivity contribution >= 4 is 5.97 Å². The molecule has 0 heterocycles. The quantitative estimate of drug-likeness (QED) is 0.796. The van der Waals surface area contributed by atoms with Gasteiger partial charge in [0.15, 0.2) is 18.1 Å². The molecule has 0 radical (unpaired) electrons. The summed E-state index contributed by atoms with van der Waals surface area (Å²) >= 11 is 0. The number of carbonyl (C=O) groups excluding carboxylic acids is 1. The minimum Gasteiger partial charge on any atom is -0.493 e. The van der Waals surface area contributed by atoms with E-state index >= 15 is 0 Å². The van der Waals surface area contributed by atoms with Gasteiger partial charge >= 0.3 is 5.97 Å². The van der Waals surface area contributed by atoms with Crippen molar-refractivity contribution in [3.63, 3.8) is 0 Å². The zero-order chi connectivity index (χ0) is 13.1. The highest BCUT2D eigenvalue weighted by molar-refractivity contribution is 5.71. The number of ether oxygens (including phenoxy) is 3. The summed E-state index contributed by atoms with van der Waals surface area (Å²) in [6.07, 6.45) is 1.62. The molecule has 5 heteroatoms. The average Bonchev–Trinajstić information content (AvgIpc) is 2.75. The molecule has 0 aliphatic heterocycles. The van der Waals surface area contributed by atoms with Gasteiger partial charge in [-0.15, -0.1) is 0 Å². The van der Waals surface area contributed by atoms with Crippen LogP contribution in [-0.4, -0.2) is 32.8 Å². The van der Waals surface area contributed by atoms with Gasteiger partial charge in [0.25, 0.3) is 0 Å². The minimum atomic E-state index is -0.422. The van der Waals surface area contributed by atoms with E-state index in [4.69, 9.17) is 15.2 Å². The second kappa shape index (κ2) is 5.27. The molecule has 1 aromatic carbocycles. The van der Waals surface area contributed by atoms with Crippen LogP contribution in [0.2, 0.25) is 0 Å². The third-order valence-corrected chi connectivity index (χ3v) is 3.05. The van der Waals surface area contributed by atoms with Crippen LogP contribution in [0.4, 0.5) is 0 Å². The molecule has 1 aromatic rings. The largest absolute Gasteiger partial charge is 0.493 e. The van der Waals surface area contributed by atoms with Crippen LogP contribution in [0.3, 0.4) is 0 Å². The van der Waals surface area contributed by atoms with Gasteiger partial charge in [-0.1, -0.05) is 6.07 Å². The van der Waals surface area contributed by atoms with Crippen molar-refractivity contribution in [1.29, 1.82) is 0 Å². The molecule has 0 spiro atoms. The zero-order valence-corrected chi connectivity index (χ0v) is 10.6. The maximum absolute atomic E-state index is 11.1. The van der Waals surface area contributed by atoms with Crippen LogP contribution >= 0.6 is 0 Å². The highest BCUT2D eigenvalue weighted by Gasteiger charge is 2.24. The molecule has 0 fully saturated rings. The SMILES string of the molecule is COC(=O)COc1ccc2c(c1OC)CC(N)C2. The van der Waals surface area contributed by atoms with Crippen LogP contribution in [0.15, 0.2) is 12.1 Å². The Balaban J connectivity index is 2.22. The number of esters is 1. The fourth-order valence-electron chi connectivity index (χ4n) is 2.21. The molecule has 1 atom stereocenters. The summed E-state index contributed by atoms with van der Waals surface area (Å²) in [5.41, 5.74) is 8.19. The first kappa shape index (κ1) is 12.7. The van der Waals surface area contributed by atoms with E-state index in [0.29, 0.717) is 11.5 Å². The van der Waals surface area contributed by atoms with Gasteiger partial charge in [-0.25, -0.2) is 4.79 Å². The predicted molar refractivity (Wildman–Crippen MR) is 65.9 cm³/mol. The normalized spacial score (nSPS) is 17.2. The van der Waals surface area contributed by atoms with Crippen molar-refractivity contribution in [3.8, 4) is 11.5 Å². The first-order valence-electron chi connectivity index (χ1n) is 5.79. The molecule has 5 nitrogen and oxygen atoms in total. The van der Waals surface area contributed by atoms with Crippen molar-refractivity contribution in [2.75, 3.05) is 20.8 Å². The van der Waals surface area contributed by atoms with Crippen molar-refractivity contribution in [2.24, 2.45) is 5.73 Å². The van der Waals surface area contributed by atoms with E-state index in [1.807, 2.05) is 6.07 Å². The number of nitrogens with two attached hydrogens (primary N) is 1. The number of fused-ring (bicyclic) bond motifs is 1. The second-order valence-electron chi connectivity index (χ2n) is 4.27. The lowest BCUT2D eigenvalue weighted by Gasteiger charge is -2.13. The number of carbonyl (C=O) groups is 1. The average molecular weight is 251 g/mol. The number of benzene rings is 1. The summed E-state index contributed by atoms with van der Waals surface area (Å²) in [5, 5.41) is 0. The Kier molecular flexibility index (Phi) is 3.72. The van der Waals surface area contributed by atoms with E-state index in [1.165, 1.54) is 12.7 Å². The minimum absolute atomic E-state index is 0.127.